The van der Waals surface area contributed by atoms with Gasteiger partial charge in [-0.2, -0.15) is 10.2 Å². The fourth-order valence-corrected chi connectivity index (χ4v) is 3.10. The molecule has 0 atom stereocenters. The van der Waals surface area contributed by atoms with Gasteiger partial charge in [-0.1, -0.05) is 34.1 Å². The van der Waals surface area contributed by atoms with Crippen LogP contribution in [-0.4, -0.2) is 10.1 Å². The van der Waals surface area contributed by atoms with E-state index in [9.17, 15) is 5.11 Å². The molecule has 0 unspecified atom stereocenters. The van der Waals surface area contributed by atoms with E-state index in [0.717, 1.165) is 37.1 Å². The van der Waals surface area contributed by atoms with Crippen molar-refractivity contribution < 1.29 is 5.11 Å². The van der Waals surface area contributed by atoms with Crippen LogP contribution in [0.1, 0.15) is 5.56 Å². The Morgan fingerprint density at radius 2 is 2.05 bits per heavy atom. The van der Waals surface area contributed by atoms with Crippen molar-refractivity contribution in [3.05, 3.63) is 56.9 Å². The van der Waals surface area contributed by atoms with Crippen LogP contribution in [0.5, 0.6) is 5.88 Å². The summed E-state index contributed by atoms with van der Waals surface area (Å²) in [5.41, 5.74) is 2.51. The summed E-state index contributed by atoms with van der Waals surface area (Å²) in [6.45, 7) is 0. The minimum Gasteiger partial charge on any atom is -0.494 e. The molecule has 0 fully saturated rings. The third-order valence-electron chi connectivity index (χ3n) is 3.52. The highest BCUT2D eigenvalue weighted by Crippen LogP contribution is 2.27. The number of H-pyrrole nitrogens is 1. The van der Waals surface area contributed by atoms with Crippen LogP contribution in [0.15, 0.2) is 51.1 Å². The molecule has 2 heterocycles. The van der Waals surface area contributed by atoms with E-state index in [2.05, 4.69) is 31.1 Å². The maximum atomic E-state index is 10.1. The van der Waals surface area contributed by atoms with E-state index in [-0.39, 0.29) is 5.88 Å². The van der Waals surface area contributed by atoms with Gasteiger partial charge in [0.1, 0.15) is 0 Å². The molecule has 4 rings (SSSR count). The number of aromatic nitrogens is 1. The Morgan fingerprint density at radius 3 is 2.95 bits per heavy atom. The lowest BCUT2D eigenvalue weighted by Crippen LogP contribution is -2.09. The van der Waals surface area contributed by atoms with Crippen molar-refractivity contribution in [2.75, 3.05) is 0 Å². The summed E-state index contributed by atoms with van der Waals surface area (Å²) in [6.07, 6.45) is 3.67. The molecule has 0 aliphatic carbocycles. The van der Waals surface area contributed by atoms with E-state index < -0.39 is 0 Å². The number of hydrogen-bond acceptors (Lipinski definition) is 3. The van der Waals surface area contributed by atoms with Gasteiger partial charge >= 0.3 is 0 Å². The zero-order chi connectivity index (χ0) is 14.4. The maximum absolute atomic E-state index is 10.1. The van der Waals surface area contributed by atoms with Gasteiger partial charge in [0.2, 0.25) is 0 Å². The Morgan fingerprint density at radius 1 is 1.19 bits per heavy atom. The molecular formula is C16H10BrN3O. The summed E-state index contributed by atoms with van der Waals surface area (Å²) in [5, 5.41) is 21.0. The number of para-hydroxylation sites is 1. The summed E-state index contributed by atoms with van der Waals surface area (Å²) < 4.78 is 0.940. The summed E-state index contributed by atoms with van der Waals surface area (Å²) in [7, 11) is 0. The van der Waals surface area contributed by atoms with E-state index in [1.54, 1.807) is 6.20 Å². The van der Waals surface area contributed by atoms with Gasteiger partial charge in [0.25, 0.3) is 0 Å². The second-order valence-corrected chi connectivity index (χ2v) is 5.71. The molecule has 0 spiro atoms. The molecule has 2 aromatic carbocycles. The third kappa shape index (κ3) is 1.97. The van der Waals surface area contributed by atoms with Gasteiger partial charge in [-0.05, 0) is 29.5 Å². The van der Waals surface area contributed by atoms with E-state index in [1.165, 1.54) is 0 Å². The lowest BCUT2D eigenvalue weighted by Gasteiger charge is -1.96. The minimum absolute atomic E-state index is 0.168. The lowest BCUT2D eigenvalue weighted by atomic mass is 10.1. The molecule has 5 heteroatoms. The summed E-state index contributed by atoms with van der Waals surface area (Å²) in [5.74, 6) is 0.168. The largest absolute Gasteiger partial charge is 0.494 e. The van der Waals surface area contributed by atoms with Crippen LogP contribution in [0.4, 0.5) is 5.69 Å². The number of aromatic hydroxyl groups is 1. The molecule has 2 N–H and O–H groups in total. The van der Waals surface area contributed by atoms with Crippen molar-refractivity contribution in [2.24, 2.45) is 10.2 Å². The average molecular weight is 340 g/mol. The van der Waals surface area contributed by atoms with Crippen molar-refractivity contribution in [1.29, 1.82) is 0 Å². The van der Waals surface area contributed by atoms with Crippen LogP contribution in [0.2, 0.25) is 0 Å². The van der Waals surface area contributed by atoms with E-state index in [1.807, 2.05) is 42.5 Å². The number of halogens is 1. The molecule has 3 aromatic rings. The van der Waals surface area contributed by atoms with Gasteiger partial charge in [-0.15, -0.1) is 0 Å². The number of benzene rings is 2. The normalized spacial score (nSPS) is 13.7. The second kappa shape index (κ2) is 4.56. The highest BCUT2D eigenvalue weighted by atomic mass is 79.9. The molecule has 1 aromatic heterocycles. The van der Waals surface area contributed by atoms with Crippen molar-refractivity contribution in [3.63, 3.8) is 0 Å². The van der Waals surface area contributed by atoms with E-state index in [0.29, 0.717) is 0 Å². The molecule has 4 nitrogen and oxygen atoms in total. The standard InChI is InChI=1S/C16H10BrN3O/c17-13-6-9(7-15-12(13)8-18-20-15)5-11-10-3-1-2-4-14(10)19-16(11)21/h1-8,19,21H/b9-5-. The average Bonchev–Trinajstić information content (AvgIpc) is 3.05. The fourth-order valence-electron chi connectivity index (χ4n) is 2.53. The summed E-state index contributed by atoms with van der Waals surface area (Å²) in [4.78, 5) is 2.98. The first-order valence-electron chi connectivity index (χ1n) is 6.44. The van der Waals surface area contributed by atoms with Crippen molar-refractivity contribution in [2.45, 2.75) is 0 Å². The number of rotatable bonds is 1. The molecule has 0 saturated heterocycles. The van der Waals surface area contributed by atoms with Gasteiger partial charge in [0.05, 0.1) is 11.9 Å². The van der Waals surface area contributed by atoms with Gasteiger partial charge in [0.15, 0.2) is 5.88 Å². The van der Waals surface area contributed by atoms with Gasteiger partial charge in [0, 0.05) is 26.2 Å². The van der Waals surface area contributed by atoms with E-state index in [4.69, 9.17) is 0 Å². The van der Waals surface area contributed by atoms with Crippen molar-refractivity contribution in [1.82, 2.24) is 4.98 Å². The second-order valence-electron chi connectivity index (χ2n) is 4.86. The summed E-state index contributed by atoms with van der Waals surface area (Å²) in [6, 6.07) is 11.8. The number of fused-ring (bicyclic) bond motifs is 2. The third-order valence-corrected chi connectivity index (χ3v) is 4.17. The van der Waals surface area contributed by atoms with Crippen LogP contribution < -0.4 is 10.4 Å². The molecule has 0 saturated carbocycles. The Balaban J connectivity index is 1.99. The predicted molar refractivity (Wildman–Crippen MR) is 85.9 cm³/mol. The lowest BCUT2D eigenvalue weighted by molar-refractivity contribution is 0.457. The van der Waals surface area contributed by atoms with E-state index >= 15 is 0 Å². The Labute approximate surface area is 128 Å². The molecule has 21 heavy (non-hydrogen) atoms. The van der Waals surface area contributed by atoms with Crippen molar-refractivity contribution >= 4 is 44.8 Å². The molecule has 0 amide bonds. The van der Waals surface area contributed by atoms with Gasteiger partial charge in [-0.3, -0.25) is 0 Å². The molecule has 0 radical (unpaired) electrons. The smallest absolute Gasteiger partial charge is 0.196 e. The highest BCUT2D eigenvalue weighted by Gasteiger charge is 2.08. The summed E-state index contributed by atoms with van der Waals surface area (Å²) >= 11 is 3.53. The fraction of sp³-hybridized carbons (Fsp3) is 0. The first-order chi connectivity index (χ1) is 10.2. The monoisotopic (exact) mass is 339 g/mol. The van der Waals surface area contributed by atoms with Crippen LogP contribution in [0, 0.1) is 0 Å². The molecule has 0 bridgehead atoms. The van der Waals surface area contributed by atoms with Gasteiger partial charge < -0.3 is 10.1 Å². The quantitative estimate of drug-likeness (QED) is 0.702. The van der Waals surface area contributed by atoms with Crippen LogP contribution in [-0.2, 0) is 0 Å². The molecule has 102 valence electrons. The zero-order valence-corrected chi connectivity index (χ0v) is 12.4. The first kappa shape index (κ1) is 12.3. The molecule has 1 aliphatic heterocycles. The van der Waals surface area contributed by atoms with Crippen LogP contribution in [0.25, 0.3) is 23.2 Å². The number of nitrogens with zero attached hydrogens (tertiary/aromatic N) is 2. The number of nitrogens with one attached hydrogen (secondary N) is 1. The highest BCUT2D eigenvalue weighted by molar-refractivity contribution is 9.10. The molecule has 1 aliphatic rings. The van der Waals surface area contributed by atoms with Crippen molar-refractivity contribution in [3.8, 4) is 5.88 Å². The van der Waals surface area contributed by atoms with Crippen LogP contribution >= 0.6 is 15.9 Å². The topological polar surface area (TPSA) is 60.7 Å². The number of azo groups is 1. The minimum atomic E-state index is 0.168. The van der Waals surface area contributed by atoms with Gasteiger partial charge in [-0.25, -0.2) is 0 Å². The Hall–Kier alpha value is -2.40. The maximum Gasteiger partial charge on any atom is 0.196 e. The predicted octanol–water partition coefficient (Wildman–Crippen LogP) is 3.30. The van der Waals surface area contributed by atoms with Crippen LogP contribution in [0.3, 0.4) is 0 Å². The SMILES string of the molecule is Oc1[nH]c2ccccc2c1/C=c1/cc(Br)c2c(c1)N=NC=2. The Bertz CT molecular complexity index is 1020. The zero-order valence-electron chi connectivity index (χ0n) is 10.8. The number of aromatic amines is 1. The first-order valence-corrected chi connectivity index (χ1v) is 7.24. The number of hydrogen-bond donors (Lipinski definition) is 2. The molecular weight excluding hydrogens is 330 g/mol. The Kier molecular flexibility index (Phi) is 2.68.